The highest BCUT2D eigenvalue weighted by atomic mass is 19.4. The lowest BCUT2D eigenvalue weighted by Gasteiger charge is -2.25. The molecule has 0 saturated carbocycles. The first-order chi connectivity index (χ1) is 12.4. The Balaban J connectivity index is 1.70. The predicted molar refractivity (Wildman–Crippen MR) is 92.1 cm³/mol. The lowest BCUT2D eigenvalue weighted by molar-refractivity contribution is -0.137. The van der Waals surface area contributed by atoms with Gasteiger partial charge in [0.05, 0.1) is 18.7 Å². The van der Waals surface area contributed by atoms with E-state index in [4.69, 9.17) is 4.74 Å². The molecule has 0 aliphatic carbocycles. The van der Waals surface area contributed by atoms with Gasteiger partial charge in [-0.2, -0.15) is 13.2 Å². The van der Waals surface area contributed by atoms with Crippen LogP contribution in [0.2, 0.25) is 0 Å². The quantitative estimate of drug-likeness (QED) is 0.825. The monoisotopic (exact) mass is 364 g/mol. The highest BCUT2D eigenvalue weighted by Gasteiger charge is 2.31. The summed E-state index contributed by atoms with van der Waals surface area (Å²) < 4.78 is 43.0. The highest BCUT2D eigenvalue weighted by molar-refractivity contribution is 5.89. The Kier molecular flexibility index (Phi) is 5.06. The van der Waals surface area contributed by atoms with Gasteiger partial charge in [-0.15, -0.1) is 0 Å². The number of amides is 2. The molecule has 1 unspecified atom stereocenters. The van der Waals surface area contributed by atoms with Gasteiger partial charge in [0.1, 0.15) is 5.75 Å². The Hall–Kier alpha value is -2.70. The summed E-state index contributed by atoms with van der Waals surface area (Å²) in [5, 5.41) is 2.68. The zero-order chi connectivity index (χ0) is 18.7. The number of halogens is 3. The molecule has 3 rings (SSSR count). The Labute approximate surface area is 149 Å². The number of hydrogen-bond acceptors (Lipinski definition) is 2. The van der Waals surface area contributed by atoms with Gasteiger partial charge in [0.25, 0.3) is 0 Å². The second-order valence-corrected chi connectivity index (χ2v) is 6.13. The highest BCUT2D eigenvalue weighted by Crippen LogP contribution is 2.34. The molecule has 138 valence electrons. The molecule has 0 spiro atoms. The largest absolute Gasteiger partial charge is 0.497 e. The van der Waals surface area contributed by atoms with Gasteiger partial charge in [-0.05, 0) is 54.8 Å². The number of alkyl halides is 3. The lowest BCUT2D eigenvalue weighted by Crippen LogP contribution is -2.34. The van der Waals surface area contributed by atoms with Crippen LogP contribution < -0.4 is 10.1 Å². The summed E-state index contributed by atoms with van der Waals surface area (Å²) in [6, 6.07) is 11.6. The number of nitrogens with zero attached hydrogens (tertiary/aromatic N) is 1. The van der Waals surface area contributed by atoms with E-state index in [0.29, 0.717) is 12.2 Å². The van der Waals surface area contributed by atoms with Crippen molar-refractivity contribution >= 4 is 11.7 Å². The number of likely N-dealkylation sites (tertiary alicyclic amines) is 1. The summed E-state index contributed by atoms with van der Waals surface area (Å²) in [5.74, 6) is 0.743. The fourth-order valence-electron chi connectivity index (χ4n) is 3.12. The third kappa shape index (κ3) is 3.92. The Bertz CT molecular complexity index is 758. The zero-order valence-electron chi connectivity index (χ0n) is 14.2. The average Bonchev–Trinajstić information content (AvgIpc) is 3.11. The first kappa shape index (κ1) is 18.1. The zero-order valence-corrected chi connectivity index (χ0v) is 14.2. The molecule has 1 aliphatic rings. The van der Waals surface area contributed by atoms with Crippen molar-refractivity contribution in [2.24, 2.45) is 0 Å². The maximum atomic E-state index is 12.6. The number of carbonyl (C=O) groups excluding carboxylic acids is 1. The van der Waals surface area contributed by atoms with Gasteiger partial charge in [0.15, 0.2) is 0 Å². The van der Waals surface area contributed by atoms with Crippen LogP contribution in [0.5, 0.6) is 5.75 Å². The molecule has 7 heteroatoms. The van der Waals surface area contributed by atoms with Gasteiger partial charge < -0.3 is 15.0 Å². The van der Waals surface area contributed by atoms with Gasteiger partial charge in [-0.25, -0.2) is 4.79 Å². The molecule has 0 aromatic heterocycles. The minimum atomic E-state index is -4.39. The third-order valence-electron chi connectivity index (χ3n) is 4.48. The topological polar surface area (TPSA) is 41.6 Å². The lowest BCUT2D eigenvalue weighted by atomic mass is 10.0. The fraction of sp³-hybridized carbons (Fsp3) is 0.316. The molecular weight excluding hydrogens is 345 g/mol. The number of hydrogen-bond donors (Lipinski definition) is 1. The molecule has 1 heterocycles. The van der Waals surface area contributed by atoms with Crippen LogP contribution in [0.4, 0.5) is 23.7 Å². The summed E-state index contributed by atoms with van der Waals surface area (Å²) >= 11 is 0. The summed E-state index contributed by atoms with van der Waals surface area (Å²) in [5.41, 5.74) is 0.599. The molecule has 26 heavy (non-hydrogen) atoms. The van der Waals surface area contributed by atoms with Crippen molar-refractivity contribution in [3.05, 3.63) is 59.7 Å². The molecule has 1 saturated heterocycles. The Morgan fingerprint density at radius 3 is 2.35 bits per heavy atom. The molecule has 2 aromatic rings. The van der Waals surface area contributed by atoms with Gasteiger partial charge >= 0.3 is 12.2 Å². The smallest absolute Gasteiger partial charge is 0.416 e. The molecule has 4 nitrogen and oxygen atoms in total. The van der Waals surface area contributed by atoms with Gasteiger partial charge in [-0.3, -0.25) is 0 Å². The molecule has 1 atom stereocenters. The van der Waals surface area contributed by atoms with E-state index in [1.165, 1.54) is 12.1 Å². The number of anilines is 1. The van der Waals surface area contributed by atoms with Crippen molar-refractivity contribution in [2.45, 2.75) is 25.1 Å². The number of methoxy groups -OCH3 is 1. The van der Waals surface area contributed by atoms with E-state index in [0.717, 1.165) is 36.3 Å². The first-order valence-electron chi connectivity index (χ1n) is 8.27. The number of rotatable bonds is 3. The predicted octanol–water partition coefficient (Wildman–Crippen LogP) is 5.08. The van der Waals surface area contributed by atoms with Gasteiger partial charge in [-0.1, -0.05) is 12.1 Å². The van der Waals surface area contributed by atoms with E-state index in [2.05, 4.69) is 5.32 Å². The maximum Gasteiger partial charge on any atom is 0.416 e. The van der Waals surface area contributed by atoms with Gasteiger partial charge in [0.2, 0.25) is 0 Å². The maximum absolute atomic E-state index is 12.6. The van der Waals surface area contributed by atoms with Crippen LogP contribution in [0.25, 0.3) is 0 Å². The molecule has 0 radical (unpaired) electrons. The second kappa shape index (κ2) is 7.27. The van der Waals surface area contributed by atoms with Crippen molar-refractivity contribution in [2.75, 3.05) is 19.0 Å². The summed E-state index contributed by atoms with van der Waals surface area (Å²) in [6.45, 7) is 0.600. The minimum absolute atomic E-state index is 0.0599. The first-order valence-corrected chi connectivity index (χ1v) is 8.27. The molecule has 1 fully saturated rings. The van der Waals surface area contributed by atoms with Crippen LogP contribution in [-0.2, 0) is 6.18 Å². The molecule has 2 aromatic carbocycles. The van der Waals surface area contributed by atoms with E-state index < -0.39 is 11.7 Å². The summed E-state index contributed by atoms with van der Waals surface area (Å²) in [6.07, 6.45) is -2.68. The van der Waals surface area contributed by atoms with E-state index >= 15 is 0 Å². The molecule has 0 bridgehead atoms. The minimum Gasteiger partial charge on any atom is -0.497 e. The Morgan fingerprint density at radius 1 is 1.12 bits per heavy atom. The van der Waals surface area contributed by atoms with Crippen molar-refractivity contribution in [1.29, 1.82) is 0 Å². The molecule has 1 N–H and O–H groups in total. The number of nitrogens with one attached hydrogen (secondary N) is 1. The SMILES string of the molecule is COc1ccc(C2CCCN2C(=O)Nc2ccc(C(F)(F)F)cc2)cc1. The van der Waals surface area contributed by atoms with Crippen molar-refractivity contribution in [3.8, 4) is 5.75 Å². The van der Waals surface area contributed by atoms with Crippen molar-refractivity contribution in [3.63, 3.8) is 0 Å². The fourth-order valence-corrected chi connectivity index (χ4v) is 3.12. The number of carbonyl (C=O) groups is 1. The summed E-state index contributed by atoms with van der Waals surface area (Å²) in [4.78, 5) is 14.3. The Morgan fingerprint density at radius 2 is 1.77 bits per heavy atom. The van der Waals surface area contributed by atoms with Crippen molar-refractivity contribution < 1.29 is 22.7 Å². The van der Waals surface area contributed by atoms with Crippen molar-refractivity contribution in [1.82, 2.24) is 4.90 Å². The van der Waals surface area contributed by atoms with E-state index in [1.807, 2.05) is 24.3 Å². The second-order valence-electron chi connectivity index (χ2n) is 6.13. The van der Waals surface area contributed by atoms with Crippen LogP contribution >= 0.6 is 0 Å². The average molecular weight is 364 g/mol. The van der Waals surface area contributed by atoms with Crippen LogP contribution in [0, 0.1) is 0 Å². The standard InChI is InChI=1S/C19H19F3N2O2/c1-26-16-10-4-13(5-11-16)17-3-2-12-24(17)18(25)23-15-8-6-14(7-9-15)19(20,21)22/h4-11,17H,2-3,12H2,1H3,(H,23,25). The van der Waals surface area contributed by atoms with Crippen LogP contribution in [0.1, 0.15) is 30.0 Å². The molecular formula is C19H19F3N2O2. The number of benzene rings is 2. The van der Waals surface area contributed by atoms with Crippen LogP contribution in [0.15, 0.2) is 48.5 Å². The molecule has 2 amide bonds. The van der Waals surface area contributed by atoms with E-state index in [1.54, 1.807) is 12.0 Å². The van der Waals surface area contributed by atoms with Crippen LogP contribution in [0.3, 0.4) is 0 Å². The molecule has 1 aliphatic heterocycles. The number of ether oxygens (including phenoxy) is 1. The van der Waals surface area contributed by atoms with E-state index in [-0.39, 0.29) is 12.1 Å². The number of urea groups is 1. The third-order valence-corrected chi connectivity index (χ3v) is 4.48. The van der Waals surface area contributed by atoms with Gasteiger partial charge in [0, 0.05) is 12.2 Å². The summed E-state index contributed by atoms with van der Waals surface area (Å²) in [7, 11) is 1.59. The normalized spacial score (nSPS) is 17.2. The van der Waals surface area contributed by atoms with Crippen LogP contribution in [-0.4, -0.2) is 24.6 Å². The van der Waals surface area contributed by atoms with E-state index in [9.17, 15) is 18.0 Å².